The highest BCUT2D eigenvalue weighted by atomic mass is 16.5. The van der Waals surface area contributed by atoms with E-state index in [1.165, 1.54) is 31.2 Å². The molecule has 0 radical (unpaired) electrons. The van der Waals surface area contributed by atoms with Crippen LogP contribution in [0.1, 0.15) is 77.7 Å². The highest BCUT2D eigenvalue weighted by molar-refractivity contribution is 5.75. The Balaban J connectivity index is 2.53. The summed E-state index contributed by atoms with van der Waals surface area (Å²) in [6.45, 7) is 6.05. The van der Waals surface area contributed by atoms with Gasteiger partial charge in [0.2, 0.25) is 0 Å². The smallest absolute Gasteiger partial charge is 0.130 e. The van der Waals surface area contributed by atoms with Crippen molar-refractivity contribution in [1.29, 1.82) is 0 Å². The molecule has 0 aromatic heterocycles. The van der Waals surface area contributed by atoms with E-state index in [-0.39, 0.29) is 11.9 Å². The van der Waals surface area contributed by atoms with E-state index >= 15 is 0 Å². The van der Waals surface area contributed by atoms with Crippen LogP contribution in [0, 0.1) is 0 Å². The number of rotatable bonds is 13. The zero-order valence-corrected chi connectivity index (χ0v) is 15.7. The zero-order chi connectivity index (χ0) is 17.6. The molecule has 0 spiro atoms. The molecule has 1 rings (SSSR count). The Morgan fingerprint density at radius 3 is 2.46 bits per heavy atom. The fourth-order valence-corrected chi connectivity index (χ4v) is 2.69. The molecule has 1 unspecified atom stereocenters. The molecule has 2 nitrogen and oxygen atoms in total. The minimum atomic E-state index is 0.241. The molecular formula is C22H34O2. The maximum absolute atomic E-state index is 11.1. The maximum atomic E-state index is 11.1. The number of hydrogen-bond donors (Lipinski definition) is 0. The number of hydrogen-bond acceptors (Lipinski definition) is 2. The van der Waals surface area contributed by atoms with Gasteiger partial charge in [0, 0.05) is 12.8 Å². The lowest BCUT2D eigenvalue weighted by molar-refractivity contribution is -0.116. The quantitative estimate of drug-likeness (QED) is 0.314. The maximum Gasteiger partial charge on any atom is 0.130 e. The van der Waals surface area contributed by atoms with Gasteiger partial charge in [0.25, 0.3) is 0 Å². The van der Waals surface area contributed by atoms with E-state index in [4.69, 9.17) is 4.74 Å². The van der Waals surface area contributed by atoms with Crippen LogP contribution >= 0.6 is 0 Å². The average molecular weight is 331 g/mol. The van der Waals surface area contributed by atoms with Gasteiger partial charge in [-0.3, -0.25) is 0 Å². The Morgan fingerprint density at radius 2 is 1.83 bits per heavy atom. The molecule has 134 valence electrons. The summed E-state index contributed by atoms with van der Waals surface area (Å²) in [5.74, 6) is 1.18. The van der Waals surface area contributed by atoms with Crippen molar-refractivity contribution in [2.24, 2.45) is 0 Å². The monoisotopic (exact) mass is 330 g/mol. The first kappa shape index (κ1) is 20.5. The summed E-state index contributed by atoms with van der Waals surface area (Å²) in [5.41, 5.74) is 1.20. The first-order valence-corrected chi connectivity index (χ1v) is 9.55. The summed E-state index contributed by atoms with van der Waals surface area (Å²) in [6.07, 6.45) is 14.4. The van der Waals surface area contributed by atoms with Gasteiger partial charge in [-0.1, -0.05) is 57.4 Å². The second kappa shape index (κ2) is 12.8. The molecule has 0 N–H and O–H groups in total. The van der Waals surface area contributed by atoms with Gasteiger partial charge in [-0.05, 0) is 50.3 Å². The lowest BCUT2D eigenvalue weighted by Gasteiger charge is -2.18. The number of allylic oxidation sites excluding steroid dienone is 1. The molecule has 0 aliphatic carbocycles. The molecule has 24 heavy (non-hydrogen) atoms. The molecule has 1 atom stereocenters. The Bertz CT molecular complexity index is 473. The first-order chi connectivity index (χ1) is 11.7. The molecule has 0 aliphatic heterocycles. The molecule has 0 saturated heterocycles. The summed E-state index contributed by atoms with van der Waals surface area (Å²) >= 11 is 0. The van der Waals surface area contributed by atoms with Crippen molar-refractivity contribution < 1.29 is 9.53 Å². The lowest BCUT2D eigenvalue weighted by atomic mass is 10.1. The fraction of sp³-hybridized carbons (Fsp3) is 0.591. The molecule has 2 heteroatoms. The molecule has 0 bridgehead atoms. The zero-order valence-electron chi connectivity index (χ0n) is 15.7. The van der Waals surface area contributed by atoms with Crippen molar-refractivity contribution in [3.8, 4) is 5.75 Å². The van der Waals surface area contributed by atoms with Crippen molar-refractivity contribution >= 4 is 5.78 Å². The van der Waals surface area contributed by atoms with Crippen molar-refractivity contribution in [2.45, 2.75) is 84.7 Å². The largest absolute Gasteiger partial charge is 0.490 e. The van der Waals surface area contributed by atoms with Gasteiger partial charge in [0.05, 0.1) is 0 Å². The Hall–Kier alpha value is -1.57. The van der Waals surface area contributed by atoms with Gasteiger partial charge in [0.15, 0.2) is 0 Å². The van der Waals surface area contributed by atoms with Crippen molar-refractivity contribution in [2.75, 3.05) is 0 Å². The van der Waals surface area contributed by atoms with Crippen molar-refractivity contribution in [3.05, 3.63) is 42.0 Å². The van der Waals surface area contributed by atoms with Crippen LogP contribution in [-0.2, 0) is 11.2 Å². The Labute approximate surface area is 148 Å². The number of carbonyl (C=O) groups is 1. The van der Waals surface area contributed by atoms with E-state index in [0.29, 0.717) is 6.42 Å². The molecule has 0 amide bonds. The molecule has 1 aromatic carbocycles. The summed E-state index contributed by atoms with van der Waals surface area (Å²) in [7, 11) is 0. The second-order valence-electron chi connectivity index (χ2n) is 6.55. The minimum absolute atomic E-state index is 0.241. The summed E-state index contributed by atoms with van der Waals surface area (Å²) in [6, 6.07) is 8.23. The Kier molecular flexibility index (Phi) is 10.9. The predicted molar refractivity (Wildman–Crippen MR) is 103 cm³/mol. The van der Waals surface area contributed by atoms with Crippen LogP contribution in [0.25, 0.3) is 0 Å². The average Bonchev–Trinajstić information content (AvgIpc) is 2.58. The highest BCUT2D eigenvalue weighted by Gasteiger charge is 2.09. The minimum Gasteiger partial charge on any atom is -0.490 e. The van der Waals surface area contributed by atoms with Gasteiger partial charge in [-0.2, -0.15) is 0 Å². The van der Waals surface area contributed by atoms with Crippen LogP contribution in [0.15, 0.2) is 36.4 Å². The van der Waals surface area contributed by atoms with Crippen LogP contribution in [0.3, 0.4) is 0 Å². The number of ketones is 1. The van der Waals surface area contributed by atoms with Gasteiger partial charge in [-0.25, -0.2) is 0 Å². The number of carbonyl (C=O) groups excluding carboxylic acids is 1. The highest BCUT2D eigenvalue weighted by Crippen LogP contribution is 2.19. The summed E-state index contributed by atoms with van der Waals surface area (Å²) < 4.78 is 6.20. The van der Waals surface area contributed by atoms with E-state index in [9.17, 15) is 4.79 Å². The van der Waals surface area contributed by atoms with Gasteiger partial charge < -0.3 is 9.53 Å². The topological polar surface area (TPSA) is 26.3 Å². The van der Waals surface area contributed by atoms with E-state index in [2.05, 4.69) is 38.1 Å². The number of ether oxygens (including phenoxy) is 1. The number of aryl methyl sites for hydroxylation is 1. The third-order valence-corrected chi connectivity index (χ3v) is 4.17. The standard InChI is InChI=1S/C22H34O2/c1-4-6-8-10-12-21(11-9-7-5-2)24-22-17-15-20(16-18-22)14-13-19(3)23/h7,9,15-18,21H,4-6,8,10-14H2,1-3H3/b9-7+. The van der Waals surface area contributed by atoms with Gasteiger partial charge >= 0.3 is 0 Å². The van der Waals surface area contributed by atoms with Crippen LogP contribution in [-0.4, -0.2) is 11.9 Å². The van der Waals surface area contributed by atoms with E-state index in [1.54, 1.807) is 6.92 Å². The first-order valence-electron chi connectivity index (χ1n) is 9.55. The third kappa shape index (κ3) is 9.54. The molecule has 0 heterocycles. The molecular weight excluding hydrogens is 296 g/mol. The number of benzene rings is 1. The van der Waals surface area contributed by atoms with E-state index in [0.717, 1.165) is 31.4 Å². The molecule has 0 fully saturated rings. The van der Waals surface area contributed by atoms with Crippen molar-refractivity contribution in [3.63, 3.8) is 0 Å². The number of Topliss-reactive ketones (excluding diaryl/α,β-unsaturated/α-hetero) is 1. The van der Waals surface area contributed by atoms with Crippen LogP contribution in [0.4, 0.5) is 0 Å². The van der Waals surface area contributed by atoms with Gasteiger partial charge in [0.1, 0.15) is 17.6 Å². The molecule has 0 saturated carbocycles. The van der Waals surface area contributed by atoms with Crippen LogP contribution in [0.2, 0.25) is 0 Å². The van der Waals surface area contributed by atoms with E-state index in [1.807, 2.05) is 12.1 Å². The normalized spacial score (nSPS) is 12.5. The molecule has 0 aliphatic rings. The second-order valence-corrected chi connectivity index (χ2v) is 6.55. The fourth-order valence-electron chi connectivity index (χ4n) is 2.69. The van der Waals surface area contributed by atoms with E-state index < -0.39 is 0 Å². The summed E-state index contributed by atoms with van der Waals surface area (Å²) in [4.78, 5) is 11.1. The van der Waals surface area contributed by atoms with Gasteiger partial charge in [-0.15, -0.1) is 0 Å². The van der Waals surface area contributed by atoms with Crippen LogP contribution in [0.5, 0.6) is 5.75 Å². The van der Waals surface area contributed by atoms with Crippen molar-refractivity contribution in [1.82, 2.24) is 0 Å². The third-order valence-electron chi connectivity index (χ3n) is 4.17. The number of unbranched alkanes of at least 4 members (excludes halogenated alkanes) is 3. The van der Waals surface area contributed by atoms with Crippen LogP contribution < -0.4 is 4.74 Å². The lowest BCUT2D eigenvalue weighted by Crippen LogP contribution is -2.15. The SMILES string of the molecule is CC/C=C/CC(CCCCCC)Oc1ccc(CCC(C)=O)cc1. The Morgan fingerprint density at radius 1 is 1.08 bits per heavy atom. The molecule has 1 aromatic rings. The summed E-state index contributed by atoms with van der Waals surface area (Å²) in [5, 5.41) is 0. The predicted octanol–water partition coefficient (Wildman–Crippen LogP) is 6.28.